The first-order valence-electron chi connectivity index (χ1n) is 11.3. The van der Waals surface area contributed by atoms with Gasteiger partial charge in [0.2, 0.25) is 0 Å². The summed E-state index contributed by atoms with van der Waals surface area (Å²) in [7, 11) is -2.64. The number of nitrogens with zero attached hydrogens (tertiary/aromatic N) is 3. The Balaban J connectivity index is 1.68. The first-order valence-corrected chi connectivity index (χ1v) is 13.7. The predicted molar refractivity (Wildman–Crippen MR) is 125 cm³/mol. The lowest BCUT2D eigenvalue weighted by molar-refractivity contribution is 0.0361. The fraction of sp³-hybridized carbons (Fsp3) is 0.950. The van der Waals surface area contributed by atoms with Crippen LogP contribution in [0, 0.1) is 5.92 Å². The summed E-state index contributed by atoms with van der Waals surface area (Å²) in [5.74, 6) is 0.454. The van der Waals surface area contributed by atoms with E-state index in [1.54, 1.807) is 18.9 Å². The van der Waals surface area contributed by atoms with E-state index in [0.29, 0.717) is 24.9 Å². The van der Waals surface area contributed by atoms with Gasteiger partial charge in [-0.1, -0.05) is 6.92 Å². The van der Waals surface area contributed by atoms with Gasteiger partial charge in [-0.25, -0.2) is 0 Å². The van der Waals surface area contributed by atoms with Crippen LogP contribution in [0.1, 0.15) is 52.4 Å². The number of nitrogens with one attached hydrogen (secondary N) is 1. The van der Waals surface area contributed by atoms with Crippen molar-refractivity contribution in [2.24, 2.45) is 26.9 Å². The molecule has 0 spiro atoms. The summed E-state index contributed by atoms with van der Waals surface area (Å²) in [6.45, 7) is 4.62. The fourth-order valence-electron chi connectivity index (χ4n) is 5.22. The van der Waals surface area contributed by atoms with Crippen molar-refractivity contribution in [2.45, 2.75) is 98.5 Å². The third-order valence-corrected chi connectivity index (χ3v) is 9.55. The fourth-order valence-corrected chi connectivity index (χ4v) is 7.66. The quantitative estimate of drug-likeness (QED) is 0.361. The van der Waals surface area contributed by atoms with E-state index < -0.39 is 21.4 Å². The highest BCUT2D eigenvalue weighted by Crippen LogP contribution is 2.40. The van der Waals surface area contributed by atoms with E-state index in [4.69, 9.17) is 10.5 Å². The Morgan fingerprint density at radius 2 is 2.13 bits per heavy atom. The maximum absolute atomic E-state index is 12.1. The monoisotopic (exact) mass is 475 g/mol. The number of fused-ring (bicyclic) bond motifs is 1. The van der Waals surface area contributed by atoms with Crippen LogP contribution >= 0.6 is 11.8 Å². The molecule has 1 heterocycles. The van der Waals surface area contributed by atoms with E-state index in [0.717, 1.165) is 25.7 Å². The van der Waals surface area contributed by atoms with Gasteiger partial charge in [0.25, 0.3) is 10.1 Å². The maximum Gasteiger partial charge on any atom is 0.270 e. The second-order valence-electron chi connectivity index (χ2n) is 8.84. The van der Waals surface area contributed by atoms with Crippen molar-refractivity contribution in [3.8, 4) is 0 Å². The minimum atomic E-state index is -4.25. The van der Waals surface area contributed by atoms with Crippen LogP contribution in [0.5, 0.6) is 0 Å². The van der Waals surface area contributed by atoms with Crippen molar-refractivity contribution in [3.63, 3.8) is 0 Å². The molecule has 0 bridgehead atoms. The molecule has 0 aromatic heterocycles. The summed E-state index contributed by atoms with van der Waals surface area (Å²) in [5.41, 5.74) is 6.45. The molecular weight excluding hydrogens is 438 g/mol. The van der Waals surface area contributed by atoms with Crippen LogP contribution in [0.2, 0.25) is 0 Å². The molecule has 0 saturated heterocycles. The van der Waals surface area contributed by atoms with Gasteiger partial charge >= 0.3 is 0 Å². The lowest BCUT2D eigenvalue weighted by Crippen LogP contribution is -2.53. The number of aliphatic imine (C=N–C) groups is 1. The van der Waals surface area contributed by atoms with Crippen molar-refractivity contribution in [2.75, 3.05) is 13.7 Å². The van der Waals surface area contributed by atoms with E-state index in [-0.39, 0.29) is 35.2 Å². The molecule has 1 aliphatic heterocycles. The van der Waals surface area contributed by atoms with E-state index in [1.165, 1.54) is 0 Å². The zero-order valence-electron chi connectivity index (χ0n) is 18.6. The number of hydrogen-bond acceptors (Lipinski definition) is 9. The maximum atomic E-state index is 12.1. The third-order valence-electron chi connectivity index (χ3n) is 6.78. The number of likely N-dealkylation sites (N-methyl/N-ethyl adjacent to an activating group) is 1. The third kappa shape index (κ3) is 6.26. The molecule has 2 fully saturated rings. The number of rotatable bonds is 8. The number of hydrogen-bond donors (Lipinski definition) is 3. The van der Waals surface area contributed by atoms with E-state index in [1.807, 2.05) is 20.1 Å². The minimum Gasteiger partial charge on any atom is -0.380 e. The van der Waals surface area contributed by atoms with Gasteiger partial charge in [0.1, 0.15) is 10.6 Å². The number of ether oxygens (including phenoxy) is 1. The van der Waals surface area contributed by atoms with Gasteiger partial charge in [-0.05, 0) is 57.7 Å². The van der Waals surface area contributed by atoms with Crippen LogP contribution in [0.3, 0.4) is 0 Å². The van der Waals surface area contributed by atoms with E-state index >= 15 is 0 Å². The number of methoxy groups -OCH3 is 1. The first-order chi connectivity index (χ1) is 14.7. The largest absolute Gasteiger partial charge is 0.380 e. The molecule has 3 rings (SSSR count). The van der Waals surface area contributed by atoms with Gasteiger partial charge < -0.3 is 15.8 Å². The van der Waals surface area contributed by atoms with Crippen LogP contribution in [0.25, 0.3) is 0 Å². The molecule has 31 heavy (non-hydrogen) atoms. The molecule has 178 valence electrons. The van der Waals surface area contributed by atoms with Gasteiger partial charge in [0.15, 0.2) is 0 Å². The van der Waals surface area contributed by atoms with Crippen LogP contribution in [-0.4, -0.2) is 79.0 Å². The molecule has 2 saturated carbocycles. The highest BCUT2D eigenvalue weighted by atomic mass is 32.2. The van der Waals surface area contributed by atoms with Crippen molar-refractivity contribution in [3.05, 3.63) is 0 Å². The molecule has 9 atom stereocenters. The number of nitrogens with two attached hydrogens (primary N) is 1. The summed E-state index contributed by atoms with van der Waals surface area (Å²) < 4.78 is 39.5. The molecule has 4 N–H and O–H groups in total. The molecule has 3 aliphatic rings. The van der Waals surface area contributed by atoms with Crippen LogP contribution < -0.4 is 11.1 Å². The summed E-state index contributed by atoms with van der Waals surface area (Å²) in [6, 6.07) is -0.326. The predicted octanol–water partition coefficient (Wildman–Crippen LogP) is 2.27. The lowest BCUT2D eigenvalue weighted by Gasteiger charge is -2.42. The van der Waals surface area contributed by atoms with Crippen molar-refractivity contribution in [1.82, 2.24) is 5.32 Å². The zero-order valence-corrected chi connectivity index (χ0v) is 20.3. The Kier molecular flexibility index (Phi) is 8.90. The zero-order chi connectivity index (χ0) is 22.6. The first kappa shape index (κ1) is 25.0. The number of azo groups is 1. The molecule has 2 aliphatic carbocycles. The average molecular weight is 476 g/mol. The van der Waals surface area contributed by atoms with Gasteiger partial charge in [-0.2, -0.15) is 18.6 Å². The lowest BCUT2D eigenvalue weighted by atomic mass is 9.78. The van der Waals surface area contributed by atoms with Crippen LogP contribution in [0.15, 0.2) is 15.2 Å². The number of thioether (sulfide) groups is 1. The van der Waals surface area contributed by atoms with Crippen molar-refractivity contribution >= 4 is 28.1 Å². The van der Waals surface area contributed by atoms with Crippen LogP contribution in [0.4, 0.5) is 0 Å². The molecule has 9 nitrogen and oxygen atoms in total. The second-order valence-corrected chi connectivity index (χ2v) is 12.0. The Bertz CT molecular complexity index is 750. The average Bonchev–Trinajstić information content (AvgIpc) is 2.74. The summed E-state index contributed by atoms with van der Waals surface area (Å²) >= 11 is 1.71. The molecule has 0 aromatic rings. The van der Waals surface area contributed by atoms with Gasteiger partial charge in [-0.15, -0.1) is 11.8 Å². The molecule has 9 unspecified atom stereocenters. The van der Waals surface area contributed by atoms with Gasteiger partial charge in [-0.3, -0.25) is 9.55 Å². The summed E-state index contributed by atoms with van der Waals surface area (Å²) in [6.07, 6.45) is 6.57. The second kappa shape index (κ2) is 11.0. The smallest absolute Gasteiger partial charge is 0.270 e. The van der Waals surface area contributed by atoms with E-state index in [2.05, 4.69) is 20.5 Å². The Labute approximate surface area is 190 Å². The van der Waals surface area contributed by atoms with Crippen molar-refractivity contribution in [1.29, 1.82) is 0 Å². The highest BCUT2D eigenvalue weighted by Gasteiger charge is 2.44. The normalized spacial score (nSPS) is 40.0. The van der Waals surface area contributed by atoms with Crippen LogP contribution in [-0.2, 0) is 14.9 Å². The minimum absolute atomic E-state index is 0.108. The topological polar surface area (TPSA) is 139 Å². The SMILES string of the molecule is CCNC1CC(S(=O)(=O)O)C(N=NC(C)SC2C(N)CCC3N=CCCC32)CC1OC. The Hall–Kier alpha value is -0.590. The highest BCUT2D eigenvalue weighted by molar-refractivity contribution is 8.00. The molecule has 0 radical (unpaired) electrons. The summed E-state index contributed by atoms with van der Waals surface area (Å²) in [4.78, 5) is 4.68. The standard InChI is InChI=1S/C20H37N5O4S2/c1-4-22-16-11-19(31(26,27)28)17(10-18(16)29-3)25-24-12(2)30-20-13-6-5-9-23-15(13)8-7-14(20)21/h9,12-20,22H,4-8,10-11,21H2,1-3H3,(H,26,27,28). The van der Waals surface area contributed by atoms with Crippen molar-refractivity contribution < 1.29 is 17.7 Å². The Morgan fingerprint density at radius 1 is 1.35 bits per heavy atom. The van der Waals surface area contributed by atoms with E-state index in [9.17, 15) is 13.0 Å². The molecule has 0 amide bonds. The molecule has 11 heteroatoms. The van der Waals surface area contributed by atoms with Gasteiger partial charge in [0.05, 0.1) is 18.2 Å². The molecule has 0 aromatic carbocycles. The van der Waals surface area contributed by atoms with Gasteiger partial charge in [0, 0.05) is 30.9 Å². The summed E-state index contributed by atoms with van der Waals surface area (Å²) in [5, 5.41) is 11.2. The molecular formula is C20H37N5O4S2. The Morgan fingerprint density at radius 3 is 2.81 bits per heavy atom.